The molecule has 1 N–H and O–H groups in total. The average molecular weight is 405 g/mol. The van der Waals surface area contributed by atoms with Crippen molar-refractivity contribution in [3.05, 3.63) is 59.3 Å². The molecule has 1 aliphatic heterocycles. The summed E-state index contributed by atoms with van der Waals surface area (Å²) in [6, 6.07) is 10.6. The molecular weight excluding hydrogens is 379 g/mol. The number of aromatic nitrogens is 1. The molecule has 3 rings (SSSR count). The number of alkyl halides is 3. The fourth-order valence-electron chi connectivity index (χ4n) is 3.62. The molecule has 4 nitrogen and oxygen atoms in total. The zero-order chi connectivity index (χ0) is 21.0. The zero-order valence-electron chi connectivity index (χ0n) is 16.7. The zero-order valence-corrected chi connectivity index (χ0v) is 16.7. The van der Waals surface area contributed by atoms with Crippen molar-refractivity contribution in [3.63, 3.8) is 0 Å². The molecule has 1 amide bonds. The maximum atomic E-state index is 12.7. The van der Waals surface area contributed by atoms with Gasteiger partial charge in [0, 0.05) is 25.2 Å². The highest BCUT2D eigenvalue weighted by Gasteiger charge is 2.31. The number of hydrogen-bond donors (Lipinski definition) is 1. The van der Waals surface area contributed by atoms with E-state index in [9.17, 15) is 18.0 Å². The third-order valence-electron chi connectivity index (χ3n) is 5.47. The SMILES string of the molecule is CC[C@@H](NC(=O)C1CCN(c2ccc(C(F)(F)F)cn2)CC1)c1ccc(C)cc1. The molecule has 2 heterocycles. The average Bonchev–Trinajstić information content (AvgIpc) is 2.72. The van der Waals surface area contributed by atoms with Gasteiger partial charge in [-0.1, -0.05) is 36.8 Å². The number of pyridine rings is 1. The van der Waals surface area contributed by atoms with Gasteiger partial charge in [-0.15, -0.1) is 0 Å². The minimum atomic E-state index is -4.39. The number of rotatable bonds is 5. The van der Waals surface area contributed by atoms with Crippen LogP contribution in [0.2, 0.25) is 0 Å². The van der Waals surface area contributed by atoms with E-state index >= 15 is 0 Å². The molecule has 1 fully saturated rings. The number of aryl methyl sites for hydroxylation is 1. The van der Waals surface area contributed by atoms with Crippen molar-refractivity contribution in [1.82, 2.24) is 10.3 Å². The van der Waals surface area contributed by atoms with Crippen LogP contribution in [0.5, 0.6) is 0 Å². The van der Waals surface area contributed by atoms with Crippen LogP contribution in [0, 0.1) is 12.8 Å². The molecule has 0 unspecified atom stereocenters. The third kappa shape index (κ3) is 5.28. The van der Waals surface area contributed by atoms with Crippen LogP contribution < -0.4 is 10.2 Å². The van der Waals surface area contributed by atoms with Gasteiger partial charge in [-0.05, 0) is 43.9 Å². The number of hydrogen-bond acceptors (Lipinski definition) is 3. The summed E-state index contributed by atoms with van der Waals surface area (Å²) in [6.07, 6.45) is -1.41. The molecule has 1 aromatic heterocycles. The lowest BCUT2D eigenvalue weighted by molar-refractivity contribution is -0.137. The number of halogens is 3. The van der Waals surface area contributed by atoms with Gasteiger partial charge in [0.05, 0.1) is 11.6 Å². The molecule has 0 spiro atoms. The Bertz CT molecular complexity index is 811. The molecule has 1 saturated heterocycles. The predicted octanol–water partition coefficient (Wildman–Crippen LogP) is 4.89. The predicted molar refractivity (Wildman–Crippen MR) is 107 cm³/mol. The number of carbonyl (C=O) groups is 1. The summed E-state index contributed by atoms with van der Waals surface area (Å²) in [7, 11) is 0. The molecule has 0 bridgehead atoms. The fourth-order valence-corrected chi connectivity index (χ4v) is 3.62. The van der Waals surface area contributed by atoms with Crippen LogP contribution in [0.15, 0.2) is 42.6 Å². The summed E-state index contributed by atoms with van der Waals surface area (Å²) < 4.78 is 38.0. The molecule has 1 atom stereocenters. The molecular formula is C22H26F3N3O. The highest BCUT2D eigenvalue weighted by atomic mass is 19.4. The van der Waals surface area contributed by atoms with Gasteiger partial charge in [0.1, 0.15) is 5.82 Å². The van der Waals surface area contributed by atoms with Gasteiger partial charge in [-0.3, -0.25) is 4.79 Å². The van der Waals surface area contributed by atoms with Gasteiger partial charge in [-0.25, -0.2) is 4.98 Å². The van der Waals surface area contributed by atoms with E-state index < -0.39 is 11.7 Å². The summed E-state index contributed by atoms with van der Waals surface area (Å²) in [4.78, 5) is 18.6. The van der Waals surface area contributed by atoms with Gasteiger partial charge >= 0.3 is 6.18 Å². The van der Waals surface area contributed by atoms with Crippen molar-refractivity contribution in [2.45, 2.75) is 45.3 Å². The first kappa shape index (κ1) is 21.1. The van der Waals surface area contributed by atoms with Gasteiger partial charge in [-0.2, -0.15) is 13.2 Å². The Morgan fingerprint density at radius 1 is 1.17 bits per heavy atom. The minimum Gasteiger partial charge on any atom is -0.357 e. The standard InChI is InChI=1S/C22H26F3N3O/c1-3-19(16-6-4-15(2)5-7-16)27-21(29)17-10-12-28(13-11-17)20-9-8-18(14-26-20)22(23,24)25/h4-9,14,17,19H,3,10-13H2,1-2H3,(H,27,29)/t19-/m1/s1. The maximum Gasteiger partial charge on any atom is 0.417 e. The molecule has 0 radical (unpaired) electrons. The summed E-state index contributed by atoms with van der Waals surface area (Å²) in [6.45, 7) is 5.27. The number of piperidine rings is 1. The Balaban J connectivity index is 1.55. The van der Waals surface area contributed by atoms with Crippen LogP contribution in [0.4, 0.5) is 19.0 Å². The molecule has 2 aromatic rings. The Kier molecular flexibility index (Phi) is 6.45. The summed E-state index contributed by atoms with van der Waals surface area (Å²) >= 11 is 0. The number of amides is 1. The largest absolute Gasteiger partial charge is 0.417 e. The Morgan fingerprint density at radius 2 is 1.83 bits per heavy atom. The van der Waals surface area contributed by atoms with Crippen LogP contribution in [-0.4, -0.2) is 24.0 Å². The monoisotopic (exact) mass is 405 g/mol. The summed E-state index contributed by atoms with van der Waals surface area (Å²) in [5.74, 6) is 0.459. The van der Waals surface area contributed by atoms with Crippen LogP contribution in [0.1, 0.15) is 48.9 Å². The van der Waals surface area contributed by atoms with Crippen LogP contribution in [0.3, 0.4) is 0 Å². The van der Waals surface area contributed by atoms with Gasteiger partial charge in [0.25, 0.3) is 0 Å². The van der Waals surface area contributed by atoms with Crippen molar-refractivity contribution in [1.29, 1.82) is 0 Å². The second-order valence-corrected chi connectivity index (χ2v) is 7.54. The van der Waals surface area contributed by atoms with E-state index in [0.29, 0.717) is 31.7 Å². The first-order chi connectivity index (χ1) is 13.8. The molecule has 7 heteroatoms. The van der Waals surface area contributed by atoms with E-state index in [-0.39, 0.29) is 17.9 Å². The van der Waals surface area contributed by atoms with Crippen molar-refractivity contribution in [2.75, 3.05) is 18.0 Å². The lowest BCUT2D eigenvalue weighted by atomic mass is 9.94. The van der Waals surface area contributed by atoms with Gasteiger partial charge in [0.2, 0.25) is 5.91 Å². The first-order valence-electron chi connectivity index (χ1n) is 9.93. The van der Waals surface area contributed by atoms with E-state index in [1.807, 2.05) is 43.0 Å². The van der Waals surface area contributed by atoms with Crippen molar-refractivity contribution >= 4 is 11.7 Å². The Hall–Kier alpha value is -2.57. The van der Waals surface area contributed by atoms with E-state index in [2.05, 4.69) is 10.3 Å². The first-order valence-corrected chi connectivity index (χ1v) is 9.93. The highest BCUT2D eigenvalue weighted by Crippen LogP contribution is 2.30. The normalized spacial score (nSPS) is 16.5. The lowest BCUT2D eigenvalue weighted by Crippen LogP contribution is -2.41. The Labute approximate surface area is 169 Å². The van der Waals surface area contributed by atoms with E-state index in [1.165, 1.54) is 11.6 Å². The second-order valence-electron chi connectivity index (χ2n) is 7.54. The molecule has 29 heavy (non-hydrogen) atoms. The van der Waals surface area contributed by atoms with Crippen LogP contribution in [-0.2, 0) is 11.0 Å². The minimum absolute atomic E-state index is 0.0160. The molecule has 0 aliphatic carbocycles. The van der Waals surface area contributed by atoms with Crippen molar-refractivity contribution in [2.24, 2.45) is 5.92 Å². The second kappa shape index (κ2) is 8.84. The van der Waals surface area contributed by atoms with Crippen LogP contribution >= 0.6 is 0 Å². The van der Waals surface area contributed by atoms with Crippen molar-refractivity contribution in [3.8, 4) is 0 Å². The van der Waals surface area contributed by atoms with E-state index in [4.69, 9.17) is 0 Å². The summed E-state index contributed by atoms with van der Waals surface area (Å²) in [5.41, 5.74) is 1.52. The number of benzene rings is 1. The quantitative estimate of drug-likeness (QED) is 0.770. The number of nitrogens with one attached hydrogen (secondary N) is 1. The van der Waals surface area contributed by atoms with Crippen molar-refractivity contribution < 1.29 is 18.0 Å². The van der Waals surface area contributed by atoms with Crippen LogP contribution in [0.25, 0.3) is 0 Å². The van der Waals surface area contributed by atoms with E-state index in [1.54, 1.807) is 0 Å². The molecule has 1 aromatic carbocycles. The molecule has 0 saturated carbocycles. The topological polar surface area (TPSA) is 45.2 Å². The lowest BCUT2D eigenvalue weighted by Gasteiger charge is -2.33. The van der Waals surface area contributed by atoms with Gasteiger partial charge in [0.15, 0.2) is 0 Å². The third-order valence-corrected chi connectivity index (χ3v) is 5.47. The van der Waals surface area contributed by atoms with Gasteiger partial charge < -0.3 is 10.2 Å². The van der Waals surface area contributed by atoms with E-state index in [0.717, 1.165) is 24.2 Å². The smallest absolute Gasteiger partial charge is 0.357 e. The molecule has 156 valence electrons. The number of nitrogens with zero attached hydrogens (tertiary/aromatic N) is 2. The maximum absolute atomic E-state index is 12.7. The Morgan fingerprint density at radius 3 is 2.34 bits per heavy atom. The fraction of sp³-hybridized carbons (Fsp3) is 0.455. The molecule has 1 aliphatic rings. The highest BCUT2D eigenvalue weighted by molar-refractivity contribution is 5.79. The summed E-state index contributed by atoms with van der Waals surface area (Å²) in [5, 5.41) is 3.15. The number of anilines is 1. The number of carbonyl (C=O) groups excluding carboxylic acids is 1.